The van der Waals surface area contributed by atoms with Crippen molar-refractivity contribution >= 4 is 5.91 Å². The van der Waals surface area contributed by atoms with Crippen molar-refractivity contribution in [2.45, 2.75) is 25.4 Å². The second-order valence-electron chi connectivity index (χ2n) is 3.18. The van der Waals surface area contributed by atoms with Crippen LogP contribution in [-0.2, 0) is 4.79 Å². The van der Waals surface area contributed by atoms with Gasteiger partial charge in [-0.2, -0.15) is 18.4 Å². The van der Waals surface area contributed by atoms with E-state index in [1.807, 2.05) is 0 Å². The molecule has 0 unspecified atom stereocenters. The largest absolute Gasteiger partial charge is 0.389 e. The normalized spacial score (nSPS) is 10.9. The fourth-order valence-electron chi connectivity index (χ4n) is 0.978. The summed E-state index contributed by atoms with van der Waals surface area (Å²) in [6, 6.07) is 1.74. The Bertz CT molecular complexity index is 247. The van der Waals surface area contributed by atoms with Crippen LogP contribution in [0.2, 0.25) is 0 Å². The third kappa shape index (κ3) is 10.8. The highest BCUT2D eigenvalue weighted by Gasteiger charge is 2.25. The Morgan fingerprint density at radius 1 is 1.31 bits per heavy atom. The molecule has 0 spiro atoms. The fraction of sp³-hybridized carbons (Fsp3) is 0.778. The van der Waals surface area contributed by atoms with Crippen LogP contribution in [0.4, 0.5) is 13.2 Å². The summed E-state index contributed by atoms with van der Waals surface area (Å²) in [7, 11) is 0. The molecule has 0 heterocycles. The molecule has 0 aliphatic heterocycles. The summed E-state index contributed by atoms with van der Waals surface area (Å²) in [6.45, 7) is 0.318. The Kier molecular flexibility index (Phi) is 7.29. The van der Waals surface area contributed by atoms with Gasteiger partial charge >= 0.3 is 6.18 Å². The summed E-state index contributed by atoms with van der Waals surface area (Å²) < 4.78 is 35.2. The van der Waals surface area contributed by atoms with Gasteiger partial charge in [0, 0.05) is 6.42 Å². The van der Waals surface area contributed by atoms with Crippen LogP contribution in [-0.4, -0.2) is 31.7 Å². The standard InChI is InChI=1S/C9H14F3N3O/c10-9(11,12)3-1-2-5-14-7-8(16)15-6-4-13/h14H,1-3,5-7H2,(H,15,16). The van der Waals surface area contributed by atoms with Crippen LogP contribution in [0.15, 0.2) is 0 Å². The average molecular weight is 237 g/mol. The minimum absolute atomic E-state index is 0.0215. The molecule has 0 rings (SSSR count). The summed E-state index contributed by atoms with van der Waals surface area (Å²) in [4.78, 5) is 10.9. The Hall–Kier alpha value is -1.29. The van der Waals surface area contributed by atoms with E-state index in [0.717, 1.165) is 0 Å². The van der Waals surface area contributed by atoms with E-state index in [-0.39, 0.29) is 25.4 Å². The van der Waals surface area contributed by atoms with E-state index < -0.39 is 12.6 Å². The minimum Gasteiger partial charge on any atom is -0.342 e. The summed E-state index contributed by atoms with van der Waals surface area (Å²) in [5, 5.41) is 13.1. The van der Waals surface area contributed by atoms with Gasteiger partial charge in [0.05, 0.1) is 12.6 Å². The second kappa shape index (κ2) is 7.93. The molecule has 7 heteroatoms. The van der Waals surface area contributed by atoms with Gasteiger partial charge in [-0.1, -0.05) is 0 Å². The highest BCUT2D eigenvalue weighted by atomic mass is 19.4. The predicted octanol–water partition coefficient (Wildman–Crippen LogP) is 0.948. The van der Waals surface area contributed by atoms with Gasteiger partial charge in [-0.3, -0.25) is 4.79 Å². The molecule has 0 aromatic rings. The molecule has 0 saturated carbocycles. The quantitative estimate of drug-likeness (QED) is 0.511. The molecule has 0 atom stereocenters. The van der Waals surface area contributed by atoms with E-state index in [1.165, 1.54) is 0 Å². The Balaban J connectivity index is 3.28. The first-order valence-electron chi connectivity index (χ1n) is 4.87. The molecular weight excluding hydrogens is 223 g/mol. The van der Waals surface area contributed by atoms with E-state index in [9.17, 15) is 18.0 Å². The van der Waals surface area contributed by atoms with Gasteiger partial charge in [0.15, 0.2) is 0 Å². The third-order valence-electron chi connectivity index (χ3n) is 1.71. The van der Waals surface area contributed by atoms with Gasteiger partial charge in [0.25, 0.3) is 0 Å². The number of rotatable bonds is 7. The number of hydrogen-bond acceptors (Lipinski definition) is 3. The first-order valence-corrected chi connectivity index (χ1v) is 4.87. The molecule has 0 radical (unpaired) electrons. The molecule has 16 heavy (non-hydrogen) atoms. The lowest BCUT2D eigenvalue weighted by Crippen LogP contribution is -2.34. The van der Waals surface area contributed by atoms with E-state index >= 15 is 0 Å². The lowest BCUT2D eigenvalue weighted by molar-refractivity contribution is -0.135. The number of unbranched alkanes of at least 4 members (excludes halogenated alkanes) is 1. The molecule has 0 aliphatic carbocycles. The van der Waals surface area contributed by atoms with Gasteiger partial charge in [0.1, 0.15) is 6.54 Å². The van der Waals surface area contributed by atoms with Crippen LogP contribution in [0, 0.1) is 11.3 Å². The van der Waals surface area contributed by atoms with E-state index in [1.54, 1.807) is 6.07 Å². The van der Waals surface area contributed by atoms with Crippen LogP contribution in [0.25, 0.3) is 0 Å². The van der Waals surface area contributed by atoms with Crippen molar-refractivity contribution < 1.29 is 18.0 Å². The smallest absolute Gasteiger partial charge is 0.342 e. The number of alkyl halides is 3. The first-order chi connectivity index (χ1) is 7.45. The molecular formula is C9H14F3N3O. The van der Waals surface area contributed by atoms with Crippen molar-refractivity contribution in [2.75, 3.05) is 19.6 Å². The number of amides is 1. The molecule has 92 valence electrons. The summed E-state index contributed by atoms with van der Waals surface area (Å²) in [5.74, 6) is -0.336. The summed E-state index contributed by atoms with van der Waals surface area (Å²) in [6.07, 6.45) is -4.49. The number of hydrogen-bond donors (Lipinski definition) is 2. The summed E-state index contributed by atoms with van der Waals surface area (Å²) in [5.41, 5.74) is 0. The molecule has 0 bridgehead atoms. The van der Waals surface area contributed by atoms with Crippen LogP contribution < -0.4 is 10.6 Å². The topological polar surface area (TPSA) is 64.9 Å². The number of nitriles is 1. The monoisotopic (exact) mass is 237 g/mol. The Morgan fingerprint density at radius 3 is 2.56 bits per heavy atom. The first kappa shape index (κ1) is 14.7. The maximum atomic E-state index is 11.7. The second-order valence-corrected chi connectivity index (χ2v) is 3.18. The zero-order valence-corrected chi connectivity index (χ0v) is 8.73. The molecule has 0 saturated heterocycles. The van der Waals surface area contributed by atoms with Crippen molar-refractivity contribution in [2.24, 2.45) is 0 Å². The van der Waals surface area contributed by atoms with Gasteiger partial charge < -0.3 is 10.6 Å². The van der Waals surface area contributed by atoms with Gasteiger partial charge in [0.2, 0.25) is 5.91 Å². The number of nitrogens with zero attached hydrogens (tertiary/aromatic N) is 1. The van der Waals surface area contributed by atoms with Crippen molar-refractivity contribution in [3.8, 4) is 6.07 Å². The van der Waals surface area contributed by atoms with Crippen LogP contribution in [0.5, 0.6) is 0 Å². The van der Waals surface area contributed by atoms with Crippen molar-refractivity contribution in [3.05, 3.63) is 0 Å². The van der Waals surface area contributed by atoms with Crippen molar-refractivity contribution in [1.82, 2.24) is 10.6 Å². The van der Waals surface area contributed by atoms with Crippen LogP contribution in [0.1, 0.15) is 19.3 Å². The molecule has 0 aliphatic rings. The molecule has 2 N–H and O–H groups in total. The zero-order valence-electron chi connectivity index (χ0n) is 8.73. The number of carbonyl (C=O) groups excluding carboxylic acids is 1. The summed E-state index contributed by atoms with van der Waals surface area (Å²) >= 11 is 0. The van der Waals surface area contributed by atoms with Gasteiger partial charge in [-0.15, -0.1) is 0 Å². The van der Waals surface area contributed by atoms with Crippen LogP contribution in [0.3, 0.4) is 0 Å². The number of halogens is 3. The van der Waals surface area contributed by atoms with E-state index in [2.05, 4.69) is 10.6 Å². The Labute approximate surface area is 91.8 Å². The fourth-order valence-corrected chi connectivity index (χ4v) is 0.978. The highest BCUT2D eigenvalue weighted by Crippen LogP contribution is 2.21. The third-order valence-corrected chi connectivity index (χ3v) is 1.71. The lowest BCUT2D eigenvalue weighted by Gasteiger charge is -2.06. The number of carbonyl (C=O) groups is 1. The van der Waals surface area contributed by atoms with Crippen molar-refractivity contribution in [3.63, 3.8) is 0 Å². The van der Waals surface area contributed by atoms with E-state index in [0.29, 0.717) is 13.0 Å². The highest BCUT2D eigenvalue weighted by molar-refractivity contribution is 5.78. The Morgan fingerprint density at radius 2 is 2.00 bits per heavy atom. The number of nitrogens with one attached hydrogen (secondary N) is 2. The van der Waals surface area contributed by atoms with Gasteiger partial charge in [-0.25, -0.2) is 0 Å². The lowest BCUT2D eigenvalue weighted by atomic mass is 10.2. The molecule has 0 aromatic heterocycles. The minimum atomic E-state index is -4.11. The molecule has 0 fully saturated rings. The SMILES string of the molecule is N#CCNC(=O)CNCCCCC(F)(F)F. The van der Waals surface area contributed by atoms with Gasteiger partial charge in [-0.05, 0) is 19.4 Å². The molecule has 0 aromatic carbocycles. The zero-order chi connectivity index (χ0) is 12.4. The molecule has 1 amide bonds. The molecule has 4 nitrogen and oxygen atoms in total. The average Bonchev–Trinajstić information content (AvgIpc) is 2.18. The predicted molar refractivity (Wildman–Crippen MR) is 51.4 cm³/mol. The maximum Gasteiger partial charge on any atom is 0.389 e. The maximum absolute atomic E-state index is 11.7. The van der Waals surface area contributed by atoms with E-state index in [4.69, 9.17) is 5.26 Å². The van der Waals surface area contributed by atoms with Crippen molar-refractivity contribution in [1.29, 1.82) is 5.26 Å². The van der Waals surface area contributed by atoms with Crippen LogP contribution >= 0.6 is 0 Å².